The number of para-hydroxylation sites is 1. The quantitative estimate of drug-likeness (QED) is 0.850. The first-order valence-electron chi connectivity index (χ1n) is 8.42. The van der Waals surface area contributed by atoms with Gasteiger partial charge in [0.05, 0.1) is 12.7 Å². The molecule has 1 atom stereocenters. The number of carbonyl (C=O) groups is 2. The summed E-state index contributed by atoms with van der Waals surface area (Å²) < 4.78 is 4.67. The molecule has 1 unspecified atom stereocenters. The zero-order valence-corrected chi connectivity index (χ0v) is 14.5. The molecule has 5 nitrogen and oxygen atoms in total. The normalized spacial score (nSPS) is 15.6. The summed E-state index contributed by atoms with van der Waals surface area (Å²) in [7, 11) is 1.36. The number of nitrogens with one attached hydrogen (secondary N) is 1. The van der Waals surface area contributed by atoms with Gasteiger partial charge in [-0.1, -0.05) is 18.2 Å². The van der Waals surface area contributed by atoms with Crippen LogP contribution in [0.15, 0.2) is 48.5 Å². The average molecular weight is 338 g/mol. The van der Waals surface area contributed by atoms with Crippen LogP contribution in [-0.2, 0) is 16.0 Å². The van der Waals surface area contributed by atoms with E-state index in [2.05, 4.69) is 23.0 Å². The third-order valence-electron chi connectivity index (χ3n) is 4.45. The second-order valence-electron chi connectivity index (χ2n) is 6.19. The van der Waals surface area contributed by atoms with E-state index in [0.717, 1.165) is 17.8 Å². The molecule has 2 aromatic rings. The lowest BCUT2D eigenvalue weighted by atomic mass is 10.1. The molecule has 0 saturated carbocycles. The predicted octanol–water partition coefficient (Wildman–Crippen LogP) is 3.25. The number of nitrogens with zero attached hydrogens (tertiary/aromatic N) is 1. The molecule has 2 aromatic carbocycles. The Hall–Kier alpha value is -2.82. The van der Waals surface area contributed by atoms with Gasteiger partial charge in [0.25, 0.3) is 0 Å². The summed E-state index contributed by atoms with van der Waals surface area (Å²) in [6.45, 7) is 2.62. The summed E-state index contributed by atoms with van der Waals surface area (Å²) in [5.41, 5.74) is 3.64. The van der Waals surface area contributed by atoms with Crippen LogP contribution in [0.1, 0.15) is 29.3 Å². The van der Waals surface area contributed by atoms with Gasteiger partial charge in [-0.3, -0.25) is 4.79 Å². The summed E-state index contributed by atoms with van der Waals surface area (Å²) in [6.07, 6.45) is 1.32. The van der Waals surface area contributed by atoms with Gasteiger partial charge in [-0.15, -0.1) is 0 Å². The summed E-state index contributed by atoms with van der Waals surface area (Å²) in [5.74, 6) is -0.237. The molecule has 5 heteroatoms. The van der Waals surface area contributed by atoms with E-state index >= 15 is 0 Å². The smallest absolute Gasteiger partial charge is 0.337 e. The fourth-order valence-electron chi connectivity index (χ4n) is 3.22. The molecule has 0 saturated heterocycles. The molecule has 1 aliphatic rings. The number of benzene rings is 2. The summed E-state index contributed by atoms with van der Waals surface area (Å²) >= 11 is 0. The zero-order valence-electron chi connectivity index (χ0n) is 14.5. The molecule has 1 aliphatic heterocycles. The van der Waals surface area contributed by atoms with Gasteiger partial charge in [0, 0.05) is 30.4 Å². The van der Waals surface area contributed by atoms with E-state index in [9.17, 15) is 9.59 Å². The number of amides is 1. The van der Waals surface area contributed by atoms with Crippen LogP contribution in [0.2, 0.25) is 0 Å². The monoisotopic (exact) mass is 338 g/mol. The molecule has 25 heavy (non-hydrogen) atoms. The van der Waals surface area contributed by atoms with Gasteiger partial charge < -0.3 is 15.0 Å². The molecule has 1 amide bonds. The maximum atomic E-state index is 12.6. The van der Waals surface area contributed by atoms with E-state index < -0.39 is 0 Å². The van der Waals surface area contributed by atoms with Crippen molar-refractivity contribution in [1.29, 1.82) is 0 Å². The maximum absolute atomic E-state index is 12.6. The standard InChI is InChI=1S/C20H22N2O3/c1-14-13-16-5-3-4-6-18(16)22(14)19(23)11-12-21-17-9-7-15(8-10-17)20(24)25-2/h3-10,14,21H,11-13H2,1-2H3. The van der Waals surface area contributed by atoms with Crippen LogP contribution in [0.3, 0.4) is 0 Å². The highest BCUT2D eigenvalue weighted by Crippen LogP contribution is 2.32. The lowest BCUT2D eigenvalue weighted by Gasteiger charge is -2.23. The van der Waals surface area contributed by atoms with Crippen LogP contribution < -0.4 is 10.2 Å². The molecule has 0 spiro atoms. The van der Waals surface area contributed by atoms with E-state index in [1.165, 1.54) is 12.7 Å². The van der Waals surface area contributed by atoms with E-state index in [-0.39, 0.29) is 17.9 Å². The van der Waals surface area contributed by atoms with Crippen molar-refractivity contribution in [2.24, 2.45) is 0 Å². The van der Waals surface area contributed by atoms with Crippen molar-refractivity contribution >= 4 is 23.3 Å². The minimum absolute atomic E-state index is 0.121. The second-order valence-corrected chi connectivity index (χ2v) is 6.19. The maximum Gasteiger partial charge on any atom is 0.337 e. The fourth-order valence-corrected chi connectivity index (χ4v) is 3.22. The lowest BCUT2D eigenvalue weighted by Crippen LogP contribution is -2.36. The highest BCUT2D eigenvalue weighted by Gasteiger charge is 2.29. The Kier molecular flexibility index (Phi) is 5.03. The van der Waals surface area contributed by atoms with Gasteiger partial charge in [-0.25, -0.2) is 4.79 Å². The number of ether oxygens (including phenoxy) is 1. The molecule has 1 heterocycles. The molecule has 1 N–H and O–H groups in total. The molecule has 0 aliphatic carbocycles. The van der Waals surface area contributed by atoms with Crippen molar-refractivity contribution in [2.45, 2.75) is 25.8 Å². The first-order chi connectivity index (χ1) is 12.1. The van der Waals surface area contributed by atoms with E-state index in [0.29, 0.717) is 18.5 Å². The van der Waals surface area contributed by atoms with Gasteiger partial charge in [-0.05, 0) is 49.2 Å². The predicted molar refractivity (Wildman–Crippen MR) is 98.0 cm³/mol. The Morgan fingerprint density at radius 2 is 1.88 bits per heavy atom. The highest BCUT2D eigenvalue weighted by atomic mass is 16.5. The average Bonchev–Trinajstić information content (AvgIpc) is 2.97. The Labute approximate surface area is 147 Å². The lowest BCUT2D eigenvalue weighted by molar-refractivity contribution is -0.118. The van der Waals surface area contributed by atoms with Gasteiger partial charge in [0.2, 0.25) is 5.91 Å². The zero-order chi connectivity index (χ0) is 17.8. The van der Waals surface area contributed by atoms with Crippen LogP contribution >= 0.6 is 0 Å². The van der Waals surface area contributed by atoms with Crippen LogP contribution in [0, 0.1) is 0 Å². The highest BCUT2D eigenvalue weighted by molar-refractivity contribution is 5.96. The van der Waals surface area contributed by atoms with Crippen LogP contribution in [-0.4, -0.2) is 31.6 Å². The Balaban J connectivity index is 1.56. The topological polar surface area (TPSA) is 58.6 Å². The van der Waals surface area contributed by atoms with Gasteiger partial charge >= 0.3 is 5.97 Å². The molecular weight excluding hydrogens is 316 g/mol. The molecule has 0 radical (unpaired) electrons. The van der Waals surface area contributed by atoms with Crippen LogP contribution in [0.25, 0.3) is 0 Å². The van der Waals surface area contributed by atoms with Crippen molar-refractivity contribution in [3.63, 3.8) is 0 Å². The minimum atomic E-state index is -0.358. The van der Waals surface area contributed by atoms with Crippen LogP contribution in [0.5, 0.6) is 0 Å². The number of hydrogen-bond donors (Lipinski definition) is 1. The van der Waals surface area contributed by atoms with E-state index in [1.807, 2.05) is 35.2 Å². The van der Waals surface area contributed by atoms with Crippen LogP contribution in [0.4, 0.5) is 11.4 Å². The number of carbonyl (C=O) groups excluding carboxylic acids is 2. The molecule has 0 bridgehead atoms. The third kappa shape index (κ3) is 3.65. The van der Waals surface area contributed by atoms with Gasteiger partial charge in [0.1, 0.15) is 0 Å². The number of esters is 1. The Morgan fingerprint density at radius 1 is 1.16 bits per heavy atom. The van der Waals surface area contributed by atoms with Gasteiger partial charge in [0.15, 0.2) is 0 Å². The van der Waals surface area contributed by atoms with Crippen molar-refractivity contribution in [2.75, 3.05) is 23.9 Å². The number of hydrogen-bond acceptors (Lipinski definition) is 4. The number of methoxy groups -OCH3 is 1. The van der Waals surface area contributed by atoms with E-state index in [4.69, 9.17) is 0 Å². The summed E-state index contributed by atoms with van der Waals surface area (Å²) in [4.78, 5) is 25.9. The first-order valence-corrected chi connectivity index (χ1v) is 8.42. The second kappa shape index (κ2) is 7.38. The summed E-state index contributed by atoms with van der Waals surface area (Å²) in [6, 6.07) is 15.3. The largest absolute Gasteiger partial charge is 0.465 e. The Bertz CT molecular complexity index is 771. The molecule has 0 aromatic heterocycles. The van der Waals surface area contributed by atoms with Crippen molar-refractivity contribution < 1.29 is 14.3 Å². The molecule has 0 fully saturated rings. The molecular formula is C20H22N2O3. The van der Waals surface area contributed by atoms with Crippen molar-refractivity contribution in [3.05, 3.63) is 59.7 Å². The fraction of sp³-hybridized carbons (Fsp3) is 0.300. The molecule has 3 rings (SSSR count). The van der Waals surface area contributed by atoms with Crippen molar-refractivity contribution in [3.8, 4) is 0 Å². The third-order valence-corrected chi connectivity index (χ3v) is 4.45. The van der Waals surface area contributed by atoms with Crippen molar-refractivity contribution in [1.82, 2.24) is 0 Å². The number of fused-ring (bicyclic) bond motifs is 1. The first kappa shape index (κ1) is 17.0. The number of rotatable bonds is 5. The van der Waals surface area contributed by atoms with Gasteiger partial charge in [-0.2, -0.15) is 0 Å². The minimum Gasteiger partial charge on any atom is -0.465 e. The SMILES string of the molecule is COC(=O)c1ccc(NCCC(=O)N2c3ccccc3CC2C)cc1. The number of anilines is 2. The van der Waals surface area contributed by atoms with E-state index in [1.54, 1.807) is 12.1 Å². The Morgan fingerprint density at radius 3 is 2.60 bits per heavy atom. The molecule has 130 valence electrons. The summed E-state index contributed by atoms with van der Waals surface area (Å²) in [5, 5.41) is 3.22.